The Hall–Kier alpha value is -0.630. The highest BCUT2D eigenvalue weighted by atomic mass is 16.1. The molecule has 1 fully saturated rings. The molecule has 0 aliphatic carbocycles. The molecule has 1 rings (SSSR count). The number of hydrogen-bond acceptors (Lipinski definition) is 2. The minimum absolute atomic E-state index is 0.182. The molecule has 0 amide bonds. The topological polar surface area (TPSA) is 29.1 Å². The molecule has 1 aliphatic rings. The summed E-state index contributed by atoms with van der Waals surface area (Å²) < 4.78 is 0. The van der Waals surface area contributed by atoms with Crippen LogP contribution in [0, 0.1) is 5.92 Å². The zero-order valence-electron chi connectivity index (χ0n) is 6.31. The maximum atomic E-state index is 10.9. The van der Waals surface area contributed by atoms with Crippen molar-refractivity contribution in [2.45, 2.75) is 13.3 Å². The molecule has 1 unspecified atom stereocenters. The van der Waals surface area contributed by atoms with Crippen molar-refractivity contribution in [1.29, 1.82) is 0 Å². The Morgan fingerprint density at radius 2 is 2.50 bits per heavy atom. The van der Waals surface area contributed by atoms with Crippen LogP contribution in [-0.4, -0.2) is 18.9 Å². The van der Waals surface area contributed by atoms with Gasteiger partial charge in [-0.2, -0.15) is 0 Å². The first kappa shape index (κ1) is 7.48. The number of carbonyl (C=O) groups is 1. The molecule has 0 saturated carbocycles. The highest BCUT2D eigenvalue weighted by Crippen LogP contribution is 2.13. The predicted molar refractivity (Wildman–Crippen MR) is 40.8 cm³/mol. The van der Waals surface area contributed by atoms with E-state index in [-0.39, 0.29) is 11.7 Å². The summed E-state index contributed by atoms with van der Waals surface area (Å²) in [7, 11) is 0. The maximum Gasteiger partial charge on any atom is 0.134 e. The average Bonchev–Trinajstić information content (AvgIpc) is 1.88. The van der Waals surface area contributed by atoms with Crippen LogP contribution < -0.4 is 5.32 Å². The van der Waals surface area contributed by atoms with Gasteiger partial charge in [0.2, 0.25) is 0 Å². The molecule has 10 heavy (non-hydrogen) atoms. The lowest BCUT2D eigenvalue weighted by Gasteiger charge is -2.21. The second-order valence-electron chi connectivity index (χ2n) is 2.89. The fourth-order valence-corrected chi connectivity index (χ4v) is 1.20. The van der Waals surface area contributed by atoms with Crippen LogP contribution >= 0.6 is 0 Å². The van der Waals surface area contributed by atoms with Gasteiger partial charge in [-0.05, 0) is 13.3 Å². The van der Waals surface area contributed by atoms with E-state index >= 15 is 0 Å². The van der Waals surface area contributed by atoms with Gasteiger partial charge in [0.05, 0.1) is 0 Å². The Morgan fingerprint density at radius 3 is 2.90 bits per heavy atom. The molecule has 0 aromatic rings. The second kappa shape index (κ2) is 2.97. The number of hydrogen-bond donors (Lipinski definition) is 1. The van der Waals surface area contributed by atoms with E-state index in [1.807, 2.05) is 0 Å². The number of piperidine rings is 1. The second-order valence-corrected chi connectivity index (χ2v) is 2.89. The highest BCUT2D eigenvalue weighted by Gasteiger charge is 2.18. The van der Waals surface area contributed by atoms with Gasteiger partial charge in [0.25, 0.3) is 0 Å². The van der Waals surface area contributed by atoms with E-state index in [1.54, 1.807) is 6.92 Å². The van der Waals surface area contributed by atoms with Crippen LogP contribution in [-0.2, 0) is 4.79 Å². The summed E-state index contributed by atoms with van der Waals surface area (Å²) in [6, 6.07) is 0. The molecule has 1 atom stereocenters. The molecule has 0 spiro atoms. The monoisotopic (exact) mass is 139 g/mol. The summed E-state index contributed by atoms with van der Waals surface area (Å²) in [5.74, 6) is 0.453. The summed E-state index contributed by atoms with van der Waals surface area (Å²) in [4.78, 5) is 10.9. The van der Waals surface area contributed by atoms with Crippen molar-refractivity contribution < 1.29 is 4.79 Å². The molecule has 0 radical (unpaired) electrons. The lowest BCUT2D eigenvalue weighted by molar-refractivity contribution is -0.120. The highest BCUT2D eigenvalue weighted by molar-refractivity contribution is 5.79. The largest absolute Gasteiger partial charge is 0.312 e. The van der Waals surface area contributed by atoms with Crippen molar-refractivity contribution >= 4 is 5.78 Å². The quantitative estimate of drug-likeness (QED) is 0.543. The normalized spacial score (nSPS) is 26.5. The van der Waals surface area contributed by atoms with E-state index < -0.39 is 0 Å². The standard InChI is InChI=1S/C8H13NO/c1-6-3-8(7(2)10)5-9-4-6/h8-9H,1,3-5H2,2H3. The zero-order valence-corrected chi connectivity index (χ0v) is 6.31. The third kappa shape index (κ3) is 1.67. The van der Waals surface area contributed by atoms with Crippen molar-refractivity contribution in [1.82, 2.24) is 5.32 Å². The summed E-state index contributed by atoms with van der Waals surface area (Å²) in [5, 5.41) is 3.15. The third-order valence-corrected chi connectivity index (χ3v) is 1.88. The van der Waals surface area contributed by atoms with Crippen LogP contribution in [0.25, 0.3) is 0 Å². The molecule has 1 N–H and O–H groups in total. The van der Waals surface area contributed by atoms with Crippen LogP contribution in [0.15, 0.2) is 12.2 Å². The molecule has 1 aliphatic heterocycles. The van der Waals surface area contributed by atoms with Gasteiger partial charge in [-0.25, -0.2) is 0 Å². The lowest BCUT2D eigenvalue weighted by atomic mass is 9.93. The van der Waals surface area contributed by atoms with Crippen molar-refractivity contribution in [2.24, 2.45) is 5.92 Å². The van der Waals surface area contributed by atoms with Gasteiger partial charge >= 0.3 is 0 Å². The van der Waals surface area contributed by atoms with E-state index in [0.29, 0.717) is 0 Å². The third-order valence-electron chi connectivity index (χ3n) is 1.88. The van der Waals surface area contributed by atoms with E-state index in [0.717, 1.165) is 25.1 Å². The Kier molecular flexibility index (Phi) is 2.22. The van der Waals surface area contributed by atoms with Gasteiger partial charge in [0.1, 0.15) is 5.78 Å². The molecular weight excluding hydrogens is 126 g/mol. The molecule has 56 valence electrons. The summed E-state index contributed by atoms with van der Waals surface area (Å²) in [5.41, 5.74) is 1.14. The van der Waals surface area contributed by atoms with E-state index in [9.17, 15) is 4.79 Å². The molecule has 0 bridgehead atoms. The fraction of sp³-hybridized carbons (Fsp3) is 0.625. The van der Waals surface area contributed by atoms with E-state index in [1.165, 1.54) is 0 Å². The first-order valence-electron chi connectivity index (χ1n) is 3.58. The van der Waals surface area contributed by atoms with Crippen LogP contribution in [0.4, 0.5) is 0 Å². The molecule has 1 saturated heterocycles. The number of Topliss-reactive ketones (excluding diaryl/α,β-unsaturated/α-hetero) is 1. The van der Waals surface area contributed by atoms with Crippen molar-refractivity contribution in [3.05, 3.63) is 12.2 Å². The first-order valence-corrected chi connectivity index (χ1v) is 3.58. The van der Waals surface area contributed by atoms with Gasteiger partial charge in [-0.15, -0.1) is 0 Å². The predicted octanol–water partition coefficient (Wildman–Crippen LogP) is 0.741. The summed E-state index contributed by atoms with van der Waals surface area (Å²) in [6.07, 6.45) is 0.877. The molecule has 0 aromatic heterocycles. The van der Waals surface area contributed by atoms with Gasteiger partial charge in [-0.3, -0.25) is 4.79 Å². The van der Waals surface area contributed by atoms with Crippen molar-refractivity contribution in [3.8, 4) is 0 Å². The SMILES string of the molecule is C=C1CNCC(C(C)=O)C1. The minimum atomic E-state index is 0.182. The van der Waals surface area contributed by atoms with Crippen LogP contribution in [0.2, 0.25) is 0 Å². The van der Waals surface area contributed by atoms with Gasteiger partial charge in [0.15, 0.2) is 0 Å². The minimum Gasteiger partial charge on any atom is -0.312 e. The Labute approximate surface area is 61.3 Å². The smallest absolute Gasteiger partial charge is 0.134 e. The number of carbonyl (C=O) groups excluding carboxylic acids is 1. The van der Waals surface area contributed by atoms with Crippen molar-refractivity contribution in [2.75, 3.05) is 13.1 Å². The van der Waals surface area contributed by atoms with Crippen LogP contribution in [0.5, 0.6) is 0 Å². The summed E-state index contributed by atoms with van der Waals surface area (Å²) in [6.45, 7) is 7.18. The fourth-order valence-electron chi connectivity index (χ4n) is 1.20. The number of ketones is 1. The van der Waals surface area contributed by atoms with Crippen molar-refractivity contribution in [3.63, 3.8) is 0 Å². The van der Waals surface area contributed by atoms with Crippen LogP contribution in [0.1, 0.15) is 13.3 Å². The first-order chi connectivity index (χ1) is 4.70. The van der Waals surface area contributed by atoms with E-state index in [2.05, 4.69) is 11.9 Å². The molecule has 2 nitrogen and oxygen atoms in total. The maximum absolute atomic E-state index is 10.9. The summed E-state index contributed by atoms with van der Waals surface area (Å²) >= 11 is 0. The number of rotatable bonds is 1. The Morgan fingerprint density at radius 1 is 1.80 bits per heavy atom. The molecule has 1 heterocycles. The Balaban J connectivity index is 2.47. The molecule has 2 heteroatoms. The van der Waals surface area contributed by atoms with Gasteiger partial charge < -0.3 is 5.32 Å². The lowest BCUT2D eigenvalue weighted by Crippen LogP contribution is -2.34. The Bertz CT molecular complexity index is 161. The molecular formula is C8H13NO. The van der Waals surface area contributed by atoms with E-state index in [4.69, 9.17) is 0 Å². The zero-order chi connectivity index (χ0) is 7.56. The van der Waals surface area contributed by atoms with Gasteiger partial charge in [0, 0.05) is 19.0 Å². The molecule has 0 aromatic carbocycles. The number of nitrogens with one attached hydrogen (secondary N) is 1. The average molecular weight is 139 g/mol. The van der Waals surface area contributed by atoms with Gasteiger partial charge in [-0.1, -0.05) is 12.2 Å². The van der Waals surface area contributed by atoms with Crippen LogP contribution in [0.3, 0.4) is 0 Å².